The number of carbonyl (C=O) groups excluding carboxylic acids is 1. The molecular weight excluding hydrogens is 700 g/mol. The van der Waals surface area contributed by atoms with Crippen molar-refractivity contribution in [1.82, 2.24) is 20.4 Å². The maximum absolute atomic E-state index is 13.3. The van der Waals surface area contributed by atoms with Crippen LogP contribution >= 0.6 is 0 Å². The van der Waals surface area contributed by atoms with Gasteiger partial charge in [-0.25, -0.2) is 0 Å². The van der Waals surface area contributed by atoms with Crippen LogP contribution in [0.15, 0.2) is 0 Å². The highest BCUT2D eigenvalue weighted by atomic mass is 16.4. The Hall–Kier alpha value is -3.30. The monoisotopic (exact) mass is 764 g/mol. The minimum Gasteiger partial charge on any atom is -0.481 e. The van der Waals surface area contributed by atoms with Crippen LogP contribution in [-0.2, 0) is 28.8 Å². The van der Waals surface area contributed by atoms with Gasteiger partial charge < -0.3 is 36.2 Å². The fourth-order valence-electron chi connectivity index (χ4n) is 11.7. The lowest BCUT2D eigenvalue weighted by Gasteiger charge is -2.61. The molecule has 0 aliphatic heterocycles. The van der Waals surface area contributed by atoms with Gasteiger partial charge in [-0.2, -0.15) is 0 Å². The van der Waals surface area contributed by atoms with E-state index in [2.05, 4.69) is 31.4 Å². The summed E-state index contributed by atoms with van der Waals surface area (Å²) in [5.74, 6) is -2.17. The summed E-state index contributed by atoms with van der Waals surface area (Å²) in [5, 5.41) is 52.8. The molecule has 0 aromatic rings. The second-order valence-corrected chi connectivity index (χ2v) is 17.3. The number of carboxylic acid groups (broad SMARTS) is 5. The number of aliphatic carboxylic acids is 5. The molecule has 4 saturated carbocycles. The molecule has 1 amide bonds. The molecule has 4 aliphatic rings. The van der Waals surface area contributed by atoms with Gasteiger partial charge in [0.25, 0.3) is 0 Å². The van der Waals surface area contributed by atoms with Crippen molar-refractivity contribution in [2.75, 3.05) is 45.8 Å². The molecule has 4 fully saturated rings. The van der Waals surface area contributed by atoms with Gasteiger partial charge in [-0.3, -0.25) is 38.6 Å². The predicted molar refractivity (Wildman–Crippen MR) is 198 cm³/mol. The van der Waals surface area contributed by atoms with Crippen LogP contribution in [-0.4, -0.2) is 129 Å². The van der Waals surface area contributed by atoms with E-state index in [0.717, 1.165) is 32.1 Å². The third kappa shape index (κ3) is 10.9. The zero-order valence-corrected chi connectivity index (χ0v) is 32.3. The Morgan fingerprint density at radius 3 is 2.02 bits per heavy atom. The molecule has 0 bridgehead atoms. The Balaban J connectivity index is 1.33. The highest BCUT2D eigenvalue weighted by Gasteiger charge is 2.60. The SMILES string of the molecule is CC(CCC(=O)O)[C@H]1CCC2C3CC[C@@H]4CC(NC(=O)CC[C@@H](C(=O)O)N(CCNCC(=O)O)CCN(CC(=O)O)CC(=O)O)CC[C@]4(C)C3CC[C@@]21C. The van der Waals surface area contributed by atoms with Gasteiger partial charge >= 0.3 is 29.8 Å². The molecule has 15 heteroatoms. The molecule has 4 aliphatic carbocycles. The summed E-state index contributed by atoms with van der Waals surface area (Å²) >= 11 is 0. The summed E-state index contributed by atoms with van der Waals surface area (Å²) in [6.45, 7) is 5.96. The molecule has 0 saturated heterocycles. The van der Waals surface area contributed by atoms with E-state index >= 15 is 0 Å². The van der Waals surface area contributed by atoms with Crippen LogP contribution in [0.5, 0.6) is 0 Å². The van der Waals surface area contributed by atoms with Crippen molar-refractivity contribution in [3.63, 3.8) is 0 Å². The molecule has 0 aromatic heterocycles. The highest BCUT2D eigenvalue weighted by molar-refractivity contribution is 5.78. The molecule has 7 N–H and O–H groups in total. The highest BCUT2D eigenvalue weighted by Crippen LogP contribution is 2.68. The van der Waals surface area contributed by atoms with E-state index in [-0.39, 0.29) is 74.8 Å². The largest absolute Gasteiger partial charge is 0.481 e. The second-order valence-electron chi connectivity index (χ2n) is 17.3. The molecule has 0 radical (unpaired) electrons. The van der Waals surface area contributed by atoms with Gasteiger partial charge in [0.05, 0.1) is 19.6 Å². The molecule has 15 nitrogen and oxygen atoms in total. The van der Waals surface area contributed by atoms with E-state index in [0.29, 0.717) is 35.5 Å². The Morgan fingerprint density at radius 2 is 1.39 bits per heavy atom. The lowest BCUT2D eigenvalue weighted by molar-refractivity contribution is -0.146. The number of nitrogens with one attached hydrogen (secondary N) is 2. The molecule has 54 heavy (non-hydrogen) atoms. The predicted octanol–water partition coefficient (Wildman–Crippen LogP) is 3.31. The minimum atomic E-state index is -1.22. The normalized spacial score (nSPS) is 31.5. The average molecular weight is 765 g/mol. The van der Waals surface area contributed by atoms with Crippen molar-refractivity contribution in [2.24, 2.45) is 46.3 Å². The Kier molecular flexibility index (Phi) is 15.3. The first kappa shape index (κ1) is 43.4. The summed E-state index contributed by atoms with van der Waals surface area (Å²) in [4.78, 5) is 73.4. The van der Waals surface area contributed by atoms with Crippen LogP contribution in [0.2, 0.25) is 0 Å². The molecule has 0 spiro atoms. The second kappa shape index (κ2) is 19.0. The summed E-state index contributed by atoms with van der Waals surface area (Å²) in [7, 11) is 0. The number of amides is 1. The molecule has 5 unspecified atom stereocenters. The molecule has 0 aromatic carbocycles. The van der Waals surface area contributed by atoms with Gasteiger partial charge in [-0.05, 0) is 117 Å². The first-order valence-electron chi connectivity index (χ1n) is 20.0. The smallest absolute Gasteiger partial charge is 0.320 e. The Morgan fingerprint density at radius 1 is 0.722 bits per heavy atom. The minimum absolute atomic E-state index is 0.00333. The van der Waals surface area contributed by atoms with Crippen LogP contribution < -0.4 is 10.6 Å². The molecule has 306 valence electrons. The van der Waals surface area contributed by atoms with E-state index in [1.54, 1.807) is 0 Å². The van der Waals surface area contributed by atoms with Crippen LogP contribution in [0.1, 0.15) is 104 Å². The van der Waals surface area contributed by atoms with E-state index in [1.807, 2.05) is 0 Å². The number of hydrogen-bond donors (Lipinski definition) is 7. The van der Waals surface area contributed by atoms with E-state index in [4.69, 9.17) is 5.11 Å². The summed E-state index contributed by atoms with van der Waals surface area (Å²) < 4.78 is 0. The fourth-order valence-corrected chi connectivity index (χ4v) is 11.7. The molecule has 10 atom stereocenters. The Bertz CT molecular complexity index is 1350. The number of carboxylic acids is 5. The van der Waals surface area contributed by atoms with Gasteiger partial charge in [0.15, 0.2) is 0 Å². The van der Waals surface area contributed by atoms with Crippen LogP contribution in [0, 0.1) is 46.3 Å². The van der Waals surface area contributed by atoms with Crippen LogP contribution in [0.3, 0.4) is 0 Å². The van der Waals surface area contributed by atoms with Crippen molar-refractivity contribution in [3.8, 4) is 0 Å². The lowest BCUT2D eigenvalue weighted by Crippen LogP contribution is -2.55. The van der Waals surface area contributed by atoms with Crippen molar-refractivity contribution >= 4 is 35.8 Å². The summed E-state index contributed by atoms with van der Waals surface area (Å²) in [6, 6.07) is -1.12. The van der Waals surface area contributed by atoms with Crippen LogP contribution in [0.25, 0.3) is 0 Å². The van der Waals surface area contributed by atoms with Crippen molar-refractivity contribution in [3.05, 3.63) is 0 Å². The van der Waals surface area contributed by atoms with E-state index in [9.17, 15) is 49.2 Å². The van der Waals surface area contributed by atoms with Crippen molar-refractivity contribution in [2.45, 2.75) is 116 Å². The molecule has 0 heterocycles. The van der Waals surface area contributed by atoms with Gasteiger partial charge in [0.2, 0.25) is 5.91 Å². The Labute approximate surface area is 318 Å². The van der Waals surface area contributed by atoms with Gasteiger partial charge in [0.1, 0.15) is 6.04 Å². The number of hydrogen-bond acceptors (Lipinski definition) is 9. The molecular formula is C39H64N4O11. The maximum atomic E-state index is 13.3. The van der Waals surface area contributed by atoms with Gasteiger partial charge in [0, 0.05) is 45.1 Å². The molecule has 4 rings (SSSR count). The number of nitrogens with zero attached hydrogens (tertiary/aromatic N) is 2. The maximum Gasteiger partial charge on any atom is 0.320 e. The summed E-state index contributed by atoms with van der Waals surface area (Å²) in [6.07, 6.45) is 10.8. The zero-order valence-electron chi connectivity index (χ0n) is 32.3. The third-order valence-electron chi connectivity index (χ3n) is 14.2. The quantitative estimate of drug-likeness (QED) is 0.0785. The standard InChI is InChI=1S/C39H64N4O11/c1-24(4-11-33(45)46)28-7-8-29-27-6-5-25-20-26(12-14-38(25,2)30(27)13-15-39(28,29)3)41-32(44)10-9-31(37(53)54)43(17-16-40-21-34(47)48)19-18-42(22-35(49)50)23-36(51)52/h24-31,40H,4-23H2,1-3H3,(H,41,44)(H,45,46)(H,47,48)(H,49,50)(H,51,52)(H,53,54)/t24?,25-,26?,27?,28-,29?,30?,31+,38+,39-/m1/s1. The average Bonchev–Trinajstić information content (AvgIpc) is 3.44. The fraction of sp³-hybridized carbons (Fsp3) is 0.846. The van der Waals surface area contributed by atoms with Crippen molar-refractivity contribution in [1.29, 1.82) is 0 Å². The first-order valence-corrected chi connectivity index (χ1v) is 20.0. The summed E-state index contributed by atoms with van der Waals surface area (Å²) in [5.41, 5.74) is 0.472. The van der Waals surface area contributed by atoms with Gasteiger partial charge in [-0.1, -0.05) is 20.8 Å². The third-order valence-corrected chi connectivity index (χ3v) is 14.2. The lowest BCUT2D eigenvalue weighted by atomic mass is 9.44. The topological polar surface area (TPSA) is 234 Å². The van der Waals surface area contributed by atoms with Gasteiger partial charge in [-0.15, -0.1) is 0 Å². The number of fused-ring (bicyclic) bond motifs is 5. The first-order chi connectivity index (χ1) is 25.4. The zero-order chi connectivity index (χ0) is 39.8. The van der Waals surface area contributed by atoms with E-state index in [1.165, 1.54) is 41.9 Å². The van der Waals surface area contributed by atoms with E-state index < -0.39 is 49.0 Å². The van der Waals surface area contributed by atoms with Crippen LogP contribution in [0.4, 0.5) is 0 Å². The number of carbonyl (C=O) groups is 6. The number of rotatable bonds is 22. The van der Waals surface area contributed by atoms with Crippen molar-refractivity contribution < 1.29 is 54.3 Å².